The Morgan fingerprint density at radius 1 is 0.931 bits per heavy atom. The van der Waals surface area contributed by atoms with E-state index in [1.807, 2.05) is 24.3 Å². The van der Waals surface area contributed by atoms with Crippen LogP contribution in [0.25, 0.3) is 0 Å². The molecule has 9 heteroatoms. The zero-order chi connectivity index (χ0) is 20.1. The molecule has 0 aliphatic heterocycles. The summed E-state index contributed by atoms with van der Waals surface area (Å²) in [6.45, 7) is 1.33. The molecule has 3 rings (SSSR count). The Kier molecular flexibility index (Phi) is 7.95. The maximum atomic E-state index is 11.1. The summed E-state index contributed by atoms with van der Waals surface area (Å²) >= 11 is 0. The fourth-order valence-electron chi connectivity index (χ4n) is 2.81. The van der Waals surface area contributed by atoms with Crippen LogP contribution in [0.5, 0.6) is 11.5 Å². The first-order valence-corrected chi connectivity index (χ1v) is 9.60. The second-order valence-electron chi connectivity index (χ2n) is 5.91. The van der Waals surface area contributed by atoms with Crippen LogP contribution in [0.4, 0.5) is 0 Å². The average Bonchev–Trinajstić information content (AvgIpc) is 2.64. The molecule has 0 saturated carbocycles. The van der Waals surface area contributed by atoms with Gasteiger partial charge in [-0.15, -0.1) is 0 Å². The van der Waals surface area contributed by atoms with Crippen molar-refractivity contribution < 1.29 is 56.2 Å². The molecule has 144 valence electrons. The molecule has 0 radical (unpaired) electrons. The number of rotatable bonds is 6. The van der Waals surface area contributed by atoms with E-state index >= 15 is 0 Å². The van der Waals surface area contributed by atoms with Gasteiger partial charge in [0.05, 0.1) is 11.6 Å². The van der Waals surface area contributed by atoms with Crippen molar-refractivity contribution in [1.82, 2.24) is 4.98 Å². The minimum atomic E-state index is -4.83. The molecule has 0 fully saturated rings. The Labute approximate surface area is 190 Å². The van der Waals surface area contributed by atoms with E-state index in [0.717, 1.165) is 16.8 Å². The van der Waals surface area contributed by atoms with E-state index in [4.69, 9.17) is 4.74 Å². The smallest absolute Gasteiger partial charge is 0.716 e. The molecule has 2 aromatic carbocycles. The van der Waals surface area contributed by atoms with E-state index in [1.165, 1.54) is 19.1 Å². The van der Waals surface area contributed by atoms with E-state index < -0.39 is 16.4 Å². The number of aromatic nitrogens is 1. The van der Waals surface area contributed by atoms with E-state index in [-0.39, 0.29) is 41.2 Å². The van der Waals surface area contributed by atoms with Crippen LogP contribution in [0.1, 0.15) is 29.7 Å². The van der Waals surface area contributed by atoms with Crippen molar-refractivity contribution in [3.8, 4) is 11.5 Å². The Morgan fingerprint density at radius 3 is 1.93 bits per heavy atom. The van der Waals surface area contributed by atoms with Gasteiger partial charge in [-0.3, -0.25) is 9.78 Å². The van der Waals surface area contributed by atoms with Crippen LogP contribution in [-0.2, 0) is 15.2 Å². The first kappa shape index (κ1) is 23.1. The molecule has 0 N–H and O–H groups in total. The van der Waals surface area contributed by atoms with Crippen LogP contribution in [0.2, 0.25) is 0 Å². The van der Waals surface area contributed by atoms with E-state index in [0.29, 0.717) is 5.75 Å². The van der Waals surface area contributed by atoms with Gasteiger partial charge in [0.1, 0.15) is 11.5 Å². The number of pyridine rings is 1. The minimum Gasteiger partial charge on any atom is -0.716 e. The standard InChI is InChI=1S/C20H17NO6S.Na/c1-14(22)26-17-9-5-15(6-10-17)20(19-4-2-3-13-21-19)16-7-11-18(12-8-16)27-28(23,24)25;/h2-13,20H,1H3,(H,23,24,25);/q;+1/p-1. The number of nitrogens with zero attached hydrogens (tertiary/aromatic N) is 1. The average molecular weight is 421 g/mol. The summed E-state index contributed by atoms with van der Waals surface area (Å²) in [5.41, 5.74) is 2.47. The first-order valence-electron chi connectivity index (χ1n) is 8.26. The molecular weight excluding hydrogens is 405 g/mol. The normalized spacial score (nSPS) is 11.8. The minimum absolute atomic E-state index is 0. The van der Waals surface area contributed by atoms with Gasteiger partial charge < -0.3 is 13.5 Å². The molecule has 7 nitrogen and oxygen atoms in total. The SMILES string of the molecule is CC(=O)Oc1ccc(C(c2ccc(OS(=O)(=O)[O-])cc2)c2ccccn2)cc1.[Na+]. The molecule has 1 heterocycles. The van der Waals surface area contributed by atoms with Crippen LogP contribution in [-0.4, -0.2) is 23.9 Å². The fraction of sp³-hybridized carbons (Fsp3) is 0.100. The third-order valence-corrected chi connectivity index (χ3v) is 4.27. The monoisotopic (exact) mass is 421 g/mol. The molecule has 0 bridgehead atoms. The van der Waals surface area contributed by atoms with Crippen LogP contribution >= 0.6 is 0 Å². The maximum Gasteiger partial charge on any atom is 1.00 e. The number of carbonyl (C=O) groups excluding carboxylic acids is 1. The van der Waals surface area contributed by atoms with Gasteiger partial charge in [0, 0.05) is 13.1 Å². The van der Waals surface area contributed by atoms with Crippen molar-refractivity contribution in [1.29, 1.82) is 0 Å². The summed E-state index contributed by atoms with van der Waals surface area (Å²) in [5, 5.41) is 0. The van der Waals surface area contributed by atoms with Gasteiger partial charge in [0.2, 0.25) is 0 Å². The number of hydrogen-bond acceptors (Lipinski definition) is 7. The summed E-state index contributed by atoms with van der Waals surface area (Å²) in [6, 6.07) is 18.7. The molecule has 0 spiro atoms. The number of carbonyl (C=O) groups is 1. The molecule has 0 aliphatic carbocycles. The Balaban J connectivity index is 0.00000300. The van der Waals surface area contributed by atoms with Gasteiger partial charge in [-0.05, 0) is 47.5 Å². The second-order valence-corrected chi connectivity index (χ2v) is 6.89. The summed E-state index contributed by atoms with van der Waals surface area (Å²) < 4.78 is 41.7. The number of esters is 1. The third kappa shape index (κ3) is 6.66. The van der Waals surface area contributed by atoms with Gasteiger partial charge in [-0.1, -0.05) is 30.3 Å². The quantitative estimate of drug-likeness (QED) is 0.182. The number of benzene rings is 2. The third-order valence-electron chi connectivity index (χ3n) is 3.87. The molecule has 1 unspecified atom stereocenters. The van der Waals surface area contributed by atoms with Crippen LogP contribution < -0.4 is 38.5 Å². The predicted molar refractivity (Wildman–Crippen MR) is 99.7 cm³/mol. The molecular formula is C20H16NNaO6S. The summed E-state index contributed by atoms with van der Waals surface area (Å²) in [6.07, 6.45) is 1.68. The molecule has 0 saturated heterocycles. The van der Waals surface area contributed by atoms with E-state index in [9.17, 15) is 17.8 Å². The topological polar surface area (TPSA) is 106 Å². The molecule has 0 amide bonds. The first-order chi connectivity index (χ1) is 13.3. The van der Waals surface area contributed by atoms with Crippen LogP contribution in [0.15, 0.2) is 72.9 Å². The number of ether oxygens (including phenoxy) is 1. The van der Waals surface area contributed by atoms with Gasteiger partial charge in [0.15, 0.2) is 0 Å². The molecule has 0 aliphatic rings. The van der Waals surface area contributed by atoms with E-state index in [1.54, 1.807) is 36.5 Å². The van der Waals surface area contributed by atoms with Crippen molar-refractivity contribution in [3.05, 3.63) is 89.7 Å². The van der Waals surface area contributed by atoms with Crippen molar-refractivity contribution in [2.45, 2.75) is 12.8 Å². The summed E-state index contributed by atoms with van der Waals surface area (Å²) in [4.78, 5) is 15.5. The van der Waals surface area contributed by atoms with Crippen LogP contribution in [0.3, 0.4) is 0 Å². The Morgan fingerprint density at radius 2 is 1.48 bits per heavy atom. The second kappa shape index (κ2) is 10.00. The zero-order valence-electron chi connectivity index (χ0n) is 15.8. The largest absolute Gasteiger partial charge is 1.00 e. The maximum absolute atomic E-state index is 11.1. The number of hydrogen-bond donors (Lipinski definition) is 0. The van der Waals surface area contributed by atoms with Crippen molar-refractivity contribution >= 4 is 16.4 Å². The molecule has 3 aromatic rings. The molecule has 29 heavy (non-hydrogen) atoms. The van der Waals surface area contributed by atoms with Gasteiger partial charge in [0.25, 0.3) is 10.4 Å². The van der Waals surface area contributed by atoms with E-state index in [2.05, 4.69) is 9.17 Å². The molecule has 1 atom stereocenters. The predicted octanol–water partition coefficient (Wildman–Crippen LogP) is 0.0301. The van der Waals surface area contributed by atoms with Gasteiger partial charge >= 0.3 is 35.5 Å². The zero-order valence-corrected chi connectivity index (χ0v) is 18.6. The van der Waals surface area contributed by atoms with Crippen LogP contribution in [0, 0.1) is 0 Å². The summed E-state index contributed by atoms with van der Waals surface area (Å²) in [5.74, 6) is -0.299. The Bertz CT molecular complexity index is 1050. The van der Waals surface area contributed by atoms with Gasteiger partial charge in [-0.25, -0.2) is 8.42 Å². The van der Waals surface area contributed by atoms with Crippen molar-refractivity contribution in [2.75, 3.05) is 0 Å². The Hall–Kier alpha value is -2.23. The van der Waals surface area contributed by atoms with Gasteiger partial charge in [-0.2, -0.15) is 0 Å². The van der Waals surface area contributed by atoms with Crippen molar-refractivity contribution in [3.63, 3.8) is 0 Å². The summed E-state index contributed by atoms with van der Waals surface area (Å²) in [7, 11) is -4.83. The fourth-order valence-corrected chi connectivity index (χ4v) is 3.16. The van der Waals surface area contributed by atoms with Crippen molar-refractivity contribution in [2.24, 2.45) is 0 Å². The molecule has 1 aromatic heterocycles.